The van der Waals surface area contributed by atoms with Crippen LogP contribution in [0.5, 0.6) is 11.8 Å². The van der Waals surface area contributed by atoms with Crippen LogP contribution in [0.25, 0.3) is 0 Å². The number of hydrogen-bond acceptors (Lipinski definition) is 7. The van der Waals surface area contributed by atoms with Crippen molar-refractivity contribution in [3.63, 3.8) is 0 Å². The highest BCUT2D eigenvalue weighted by molar-refractivity contribution is 7.46. The van der Waals surface area contributed by atoms with Crippen LogP contribution >= 0.6 is 7.82 Å². The maximum Gasteiger partial charge on any atom is 0.469 e. The van der Waals surface area contributed by atoms with Crippen molar-refractivity contribution in [3.8, 4) is 11.8 Å². The van der Waals surface area contributed by atoms with E-state index in [1.54, 1.807) is 12.2 Å². The van der Waals surface area contributed by atoms with Crippen LogP contribution in [0.1, 0.15) is 37.8 Å². The number of ether oxygens (including phenoxy) is 2. The maximum atomic E-state index is 11.8. The Hall–Kier alpha value is -2.10. The molecule has 10 nitrogen and oxygen atoms in total. The van der Waals surface area contributed by atoms with Gasteiger partial charge >= 0.3 is 13.8 Å². The summed E-state index contributed by atoms with van der Waals surface area (Å²) in [6, 6.07) is 0. The van der Waals surface area contributed by atoms with Gasteiger partial charge in [-0.25, -0.2) is 9.36 Å². The highest BCUT2D eigenvalue weighted by Gasteiger charge is 2.60. The number of carbonyl (C=O) groups excluding carboxylic acids is 1. The molecule has 0 saturated heterocycles. The first kappa shape index (κ1) is 21.6. The van der Waals surface area contributed by atoms with Gasteiger partial charge < -0.3 is 29.5 Å². The third kappa shape index (κ3) is 3.62. The lowest BCUT2D eigenvalue weighted by Gasteiger charge is -2.26. The Morgan fingerprint density at radius 2 is 1.83 bits per heavy atom. The molecule has 3 rings (SSSR count). The molecule has 0 aromatic carbocycles. The van der Waals surface area contributed by atoms with Gasteiger partial charge in [-0.2, -0.15) is 0 Å². The second-order valence-electron chi connectivity index (χ2n) is 7.15. The predicted molar refractivity (Wildman–Crippen MR) is 100 cm³/mol. The minimum Gasteiger partial charge on any atom is -0.494 e. The van der Waals surface area contributed by atoms with Crippen LogP contribution in [-0.2, 0) is 41.1 Å². The molecule has 160 valence electrons. The molecule has 11 heteroatoms. The van der Waals surface area contributed by atoms with E-state index in [1.165, 1.54) is 11.5 Å². The largest absolute Gasteiger partial charge is 0.494 e. The van der Waals surface area contributed by atoms with Crippen molar-refractivity contribution in [1.82, 2.24) is 4.57 Å². The summed E-state index contributed by atoms with van der Waals surface area (Å²) < 4.78 is 27.8. The van der Waals surface area contributed by atoms with Gasteiger partial charge in [-0.05, 0) is 31.9 Å². The number of fused-ring (bicyclic) bond motifs is 5. The predicted octanol–water partition coefficient (Wildman–Crippen LogP) is 1.92. The molecule has 2 bridgehead atoms. The van der Waals surface area contributed by atoms with Crippen LogP contribution < -0.4 is 0 Å². The molecule has 1 aromatic rings. The smallest absolute Gasteiger partial charge is 0.469 e. The van der Waals surface area contributed by atoms with E-state index in [1.807, 2.05) is 6.92 Å². The number of esters is 1. The minimum absolute atomic E-state index is 0.0477. The van der Waals surface area contributed by atoms with Crippen LogP contribution in [0, 0.1) is 0 Å². The van der Waals surface area contributed by atoms with E-state index in [0.717, 1.165) is 0 Å². The van der Waals surface area contributed by atoms with E-state index >= 15 is 0 Å². The Labute approximate surface area is 167 Å². The zero-order valence-corrected chi connectivity index (χ0v) is 17.0. The van der Waals surface area contributed by atoms with Crippen molar-refractivity contribution < 1.29 is 43.4 Å². The van der Waals surface area contributed by atoms with E-state index in [2.05, 4.69) is 11.1 Å². The summed E-state index contributed by atoms with van der Waals surface area (Å²) in [6.07, 6.45) is 4.06. The molecule has 4 N–H and O–H groups in total. The average Bonchev–Trinajstić information content (AvgIpc) is 3.24. The van der Waals surface area contributed by atoms with Crippen molar-refractivity contribution >= 4 is 13.8 Å². The zero-order chi connectivity index (χ0) is 21.6. The molecule has 29 heavy (non-hydrogen) atoms. The Morgan fingerprint density at radius 1 is 1.24 bits per heavy atom. The SMILES string of the molecule is C=C(C)C(=O)OCC12C=CC(CC)(O1)c1c2c(O)n(CCCOP(=O)(O)O)c1O. The lowest BCUT2D eigenvalue weighted by Crippen LogP contribution is -2.30. The number of aromatic hydroxyl groups is 2. The lowest BCUT2D eigenvalue weighted by atomic mass is 9.83. The van der Waals surface area contributed by atoms with Crippen LogP contribution in [0.3, 0.4) is 0 Å². The fourth-order valence-corrected chi connectivity index (χ4v) is 4.12. The quantitative estimate of drug-likeness (QED) is 0.152. The van der Waals surface area contributed by atoms with E-state index in [-0.39, 0.29) is 43.5 Å². The fraction of sp³-hybridized carbons (Fsp3) is 0.500. The molecule has 2 unspecified atom stereocenters. The number of phosphoric ester groups is 1. The van der Waals surface area contributed by atoms with Crippen molar-refractivity contribution in [2.24, 2.45) is 0 Å². The van der Waals surface area contributed by atoms with Crippen molar-refractivity contribution in [3.05, 3.63) is 35.4 Å². The zero-order valence-electron chi connectivity index (χ0n) is 16.1. The Bertz CT molecular complexity index is 930. The van der Waals surface area contributed by atoms with Gasteiger partial charge in [0, 0.05) is 12.1 Å². The van der Waals surface area contributed by atoms with Gasteiger partial charge in [0.1, 0.15) is 12.2 Å². The Kier molecular flexibility index (Phi) is 5.44. The van der Waals surface area contributed by atoms with Crippen LogP contribution in [0.2, 0.25) is 0 Å². The first-order chi connectivity index (χ1) is 13.5. The summed E-state index contributed by atoms with van der Waals surface area (Å²) in [5.41, 5.74) is -1.30. The van der Waals surface area contributed by atoms with Gasteiger partial charge in [-0.15, -0.1) is 0 Å². The van der Waals surface area contributed by atoms with E-state index in [9.17, 15) is 19.6 Å². The summed E-state index contributed by atoms with van der Waals surface area (Å²) in [5.74, 6) is -1.08. The summed E-state index contributed by atoms with van der Waals surface area (Å²) in [6.45, 7) is 6.49. The molecule has 0 saturated carbocycles. The first-order valence-electron chi connectivity index (χ1n) is 9.05. The highest BCUT2D eigenvalue weighted by Crippen LogP contribution is 2.62. The summed E-state index contributed by atoms with van der Waals surface area (Å²) >= 11 is 0. The molecule has 2 aliphatic rings. The normalized spacial score (nSPS) is 24.7. The van der Waals surface area contributed by atoms with Crippen molar-refractivity contribution in [2.75, 3.05) is 13.2 Å². The molecule has 1 aromatic heterocycles. The molecular weight excluding hydrogens is 405 g/mol. The third-order valence-corrected chi connectivity index (χ3v) is 5.64. The Morgan fingerprint density at radius 3 is 2.38 bits per heavy atom. The highest BCUT2D eigenvalue weighted by atomic mass is 31.2. The van der Waals surface area contributed by atoms with E-state index in [4.69, 9.17) is 19.3 Å². The van der Waals surface area contributed by atoms with E-state index < -0.39 is 25.0 Å². The second-order valence-corrected chi connectivity index (χ2v) is 8.39. The first-order valence-corrected chi connectivity index (χ1v) is 10.6. The molecule has 0 radical (unpaired) electrons. The molecule has 2 aliphatic heterocycles. The number of aromatic nitrogens is 1. The van der Waals surface area contributed by atoms with Gasteiger partial charge in [0.15, 0.2) is 5.60 Å². The topological polar surface area (TPSA) is 148 Å². The van der Waals surface area contributed by atoms with Crippen molar-refractivity contribution in [2.45, 2.75) is 44.4 Å². The van der Waals surface area contributed by atoms with Crippen LogP contribution in [-0.4, -0.2) is 43.8 Å². The van der Waals surface area contributed by atoms with Crippen LogP contribution in [0.4, 0.5) is 0 Å². The van der Waals surface area contributed by atoms with Crippen LogP contribution in [0.15, 0.2) is 24.3 Å². The number of rotatable bonds is 9. The Balaban J connectivity index is 1.89. The maximum absolute atomic E-state index is 11.8. The number of phosphoric acid groups is 1. The van der Waals surface area contributed by atoms with Gasteiger partial charge in [0.25, 0.3) is 0 Å². The number of carbonyl (C=O) groups is 1. The van der Waals surface area contributed by atoms with Gasteiger partial charge in [-0.3, -0.25) is 9.09 Å². The number of hydrogen-bond donors (Lipinski definition) is 4. The summed E-state index contributed by atoms with van der Waals surface area (Å²) in [4.78, 5) is 29.4. The monoisotopic (exact) mass is 429 g/mol. The third-order valence-electron chi connectivity index (χ3n) is 5.12. The molecule has 0 spiro atoms. The minimum atomic E-state index is -4.59. The standard InChI is InChI=1S/C18H24NO9P/c1-4-17-6-7-18(28-17,10-26-16(22)11(2)3)13-12(17)14(20)19(15(13)21)8-5-9-27-29(23,24)25/h6-7,20-21H,2,4-5,8-10H2,1,3H3,(H2,23,24,25). The molecule has 0 aliphatic carbocycles. The lowest BCUT2D eigenvalue weighted by molar-refractivity contribution is -0.153. The van der Waals surface area contributed by atoms with Gasteiger partial charge in [0.05, 0.1) is 17.7 Å². The molecule has 0 amide bonds. The van der Waals surface area contributed by atoms with E-state index in [0.29, 0.717) is 17.5 Å². The van der Waals surface area contributed by atoms with Gasteiger partial charge in [-0.1, -0.05) is 13.5 Å². The molecule has 0 fully saturated rings. The summed E-state index contributed by atoms with van der Waals surface area (Å²) in [5, 5.41) is 21.6. The van der Waals surface area contributed by atoms with Crippen molar-refractivity contribution in [1.29, 1.82) is 0 Å². The molecule has 3 heterocycles. The molecule has 2 atom stereocenters. The van der Waals surface area contributed by atoms with Gasteiger partial charge in [0.2, 0.25) is 11.8 Å². The second kappa shape index (κ2) is 7.30. The number of nitrogens with zero attached hydrogens (tertiary/aromatic N) is 1. The fourth-order valence-electron chi connectivity index (χ4n) is 3.76. The molecular formula is C18H24NO9P. The summed E-state index contributed by atoms with van der Waals surface area (Å²) in [7, 11) is -4.59. The average molecular weight is 429 g/mol.